The summed E-state index contributed by atoms with van der Waals surface area (Å²) < 4.78 is 39.2. The zero-order valence-corrected chi connectivity index (χ0v) is 11.1. The van der Waals surface area contributed by atoms with Crippen LogP contribution in [0.25, 0.3) is 0 Å². The molecule has 0 aromatic heterocycles. The maximum absolute atomic E-state index is 11.8. The fraction of sp³-hybridized carbons (Fsp3) is 0.800. The molecular weight excluding hydrogens is 285 g/mol. The molecule has 1 fully saturated rings. The van der Waals surface area contributed by atoms with Crippen LogP contribution >= 0.6 is 11.8 Å². The molecule has 110 valence electrons. The lowest BCUT2D eigenvalue weighted by atomic mass is 10.3. The van der Waals surface area contributed by atoms with Crippen LogP contribution in [0.3, 0.4) is 0 Å². The van der Waals surface area contributed by atoms with Gasteiger partial charge in [0.2, 0.25) is 5.91 Å². The van der Waals surface area contributed by atoms with Crippen molar-refractivity contribution in [2.75, 3.05) is 32.0 Å². The highest BCUT2D eigenvalue weighted by Gasteiger charge is 2.29. The molecule has 1 atom stereocenters. The van der Waals surface area contributed by atoms with Crippen molar-refractivity contribution in [1.29, 1.82) is 0 Å². The Labute approximate surface area is 112 Å². The summed E-state index contributed by atoms with van der Waals surface area (Å²) in [6, 6.07) is 0. The average Bonchev–Trinajstić information content (AvgIpc) is 2.32. The number of rotatable bonds is 3. The SMILES string of the molecule is C[C@@H]1CN(C(=O)CNC(=O)OCC(F)(F)F)CCS1. The van der Waals surface area contributed by atoms with Crippen molar-refractivity contribution in [3.63, 3.8) is 0 Å². The second-order valence-electron chi connectivity index (χ2n) is 4.07. The van der Waals surface area contributed by atoms with E-state index in [1.807, 2.05) is 12.2 Å². The molecule has 1 aliphatic rings. The topological polar surface area (TPSA) is 58.6 Å². The largest absolute Gasteiger partial charge is 0.440 e. The quantitative estimate of drug-likeness (QED) is 0.852. The Balaban J connectivity index is 2.24. The normalized spacial score (nSPS) is 20.0. The Morgan fingerprint density at radius 3 is 2.74 bits per heavy atom. The van der Waals surface area contributed by atoms with Crippen molar-refractivity contribution in [2.24, 2.45) is 0 Å². The number of carbonyl (C=O) groups is 2. The first-order chi connectivity index (χ1) is 8.78. The molecule has 9 heteroatoms. The highest BCUT2D eigenvalue weighted by Crippen LogP contribution is 2.17. The summed E-state index contributed by atoms with van der Waals surface area (Å²) in [5.74, 6) is 0.488. The Kier molecular flexibility index (Phi) is 5.77. The van der Waals surface area contributed by atoms with E-state index in [4.69, 9.17) is 0 Å². The maximum Gasteiger partial charge on any atom is 0.422 e. The minimum absolute atomic E-state index is 0.315. The molecule has 0 aromatic carbocycles. The van der Waals surface area contributed by atoms with Crippen molar-refractivity contribution in [1.82, 2.24) is 10.2 Å². The second kappa shape index (κ2) is 6.88. The summed E-state index contributed by atoms with van der Waals surface area (Å²) in [4.78, 5) is 24.2. The predicted octanol–water partition coefficient (Wildman–Crippen LogP) is 1.24. The van der Waals surface area contributed by atoms with Gasteiger partial charge in [0.1, 0.15) is 6.54 Å². The number of hydrogen-bond acceptors (Lipinski definition) is 4. The molecule has 0 radical (unpaired) electrons. The van der Waals surface area contributed by atoms with E-state index in [1.54, 1.807) is 16.7 Å². The molecule has 0 bridgehead atoms. The Bertz CT molecular complexity index is 338. The van der Waals surface area contributed by atoms with Crippen LogP contribution in [0.5, 0.6) is 0 Å². The lowest BCUT2D eigenvalue weighted by Gasteiger charge is -2.30. The van der Waals surface area contributed by atoms with Gasteiger partial charge in [0, 0.05) is 24.1 Å². The number of nitrogens with one attached hydrogen (secondary N) is 1. The molecule has 5 nitrogen and oxygen atoms in total. The van der Waals surface area contributed by atoms with Crippen molar-refractivity contribution in [3.05, 3.63) is 0 Å². The summed E-state index contributed by atoms with van der Waals surface area (Å²) in [7, 11) is 0. The monoisotopic (exact) mass is 300 g/mol. The zero-order chi connectivity index (χ0) is 14.5. The minimum Gasteiger partial charge on any atom is -0.440 e. The van der Waals surface area contributed by atoms with Crippen molar-refractivity contribution in [3.8, 4) is 0 Å². The third-order valence-electron chi connectivity index (χ3n) is 2.34. The molecule has 0 spiro atoms. The van der Waals surface area contributed by atoms with Gasteiger partial charge in [-0.1, -0.05) is 6.92 Å². The Hall–Kier alpha value is -1.12. The van der Waals surface area contributed by atoms with Crippen LogP contribution in [0.4, 0.5) is 18.0 Å². The molecule has 2 amide bonds. The summed E-state index contributed by atoms with van der Waals surface area (Å²) in [6.45, 7) is 1.11. The molecule has 1 N–H and O–H groups in total. The molecule has 1 heterocycles. The van der Waals surface area contributed by atoms with E-state index in [0.29, 0.717) is 18.3 Å². The lowest BCUT2D eigenvalue weighted by molar-refractivity contribution is -0.160. The van der Waals surface area contributed by atoms with Crippen LogP contribution < -0.4 is 5.32 Å². The van der Waals surface area contributed by atoms with Gasteiger partial charge in [-0.25, -0.2) is 4.79 Å². The standard InChI is InChI=1S/C10H15F3N2O3S/c1-7-5-15(2-3-19-7)8(16)4-14-9(17)18-6-10(11,12)13/h7H,2-6H2,1H3,(H,14,17)/t7-/m1/s1. The van der Waals surface area contributed by atoms with Crippen LogP contribution in [-0.4, -0.2) is 60.3 Å². The summed E-state index contributed by atoms with van der Waals surface area (Å²) in [5.41, 5.74) is 0. The maximum atomic E-state index is 11.8. The fourth-order valence-electron chi connectivity index (χ4n) is 1.50. The molecule has 1 rings (SSSR count). The van der Waals surface area contributed by atoms with Gasteiger partial charge in [-0.3, -0.25) is 4.79 Å². The molecule has 1 aliphatic heterocycles. The van der Waals surface area contributed by atoms with Crippen molar-refractivity contribution >= 4 is 23.8 Å². The first-order valence-corrected chi connectivity index (χ1v) is 6.69. The van der Waals surface area contributed by atoms with Crippen LogP contribution in [0.2, 0.25) is 0 Å². The lowest BCUT2D eigenvalue weighted by Crippen LogP contribution is -2.46. The zero-order valence-electron chi connectivity index (χ0n) is 10.3. The number of thioether (sulfide) groups is 1. The number of nitrogens with zero attached hydrogens (tertiary/aromatic N) is 1. The van der Waals surface area contributed by atoms with Crippen molar-refractivity contribution in [2.45, 2.75) is 18.3 Å². The van der Waals surface area contributed by atoms with E-state index in [1.165, 1.54) is 0 Å². The van der Waals surface area contributed by atoms with Gasteiger partial charge in [-0.2, -0.15) is 24.9 Å². The van der Waals surface area contributed by atoms with Crippen LogP contribution in [-0.2, 0) is 9.53 Å². The van der Waals surface area contributed by atoms with Gasteiger partial charge in [0.05, 0.1) is 0 Å². The van der Waals surface area contributed by atoms with Crippen LogP contribution in [0.1, 0.15) is 6.92 Å². The first kappa shape index (κ1) is 15.9. The third kappa shape index (κ3) is 6.55. The van der Waals surface area contributed by atoms with Gasteiger partial charge in [0.15, 0.2) is 6.61 Å². The molecule has 0 saturated carbocycles. The van der Waals surface area contributed by atoms with Crippen molar-refractivity contribution < 1.29 is 27.5 Å². The molecule has 0 aromatic rings. The first-order valence-electron chi connectivity index (χ1n) is 5.64. The Morgan fingerprint density at radius 1 is 1.47 bits per heavy atom. The summed E-state index contributed by atoms with van der Waals surface area (Å²) in [6.07, 6.45) is -5.81. The fourth-order valence-corrected chi connectivity index (χ4v) is 2.52. The van der Waals surface area contributed by atoms with Gasteiger partial charge >= 0.3 is 12.3 Å². The molecule has 0 aliphatic carbocycles. The highest BCUT2D eigenvalue weighted by molar-refractivity contribution is 7.99. The number of carbonyl (C=O) groups excluding carboxylic acids is 2. The molecule has 0 unspecified atom stereocenters. The smallest absolute Gasteiger partial charge is 0.422 e. The molecule has 19 heavy (non-hydrogen) atoms. The van der Waals surface area contributed by atoms with Gasteiger partial charge in [0.25, 0.3) is 0 Å². The number of alkyl halides is 3. The van der Waals surface area contributed by atoms with Gasteiger partial charge in [-0.05, 0) is 0 Å². The highest BCUT2D eigenvalue weighted by atomic mass is 32.2. The predicted molar refractivity (Wildman–Crippen MR) is 63.9 cm³/mol. The number of halogens is 3. The molecular formula is C10H15F3N2O3S. The van der Waals surface area contributed by atoms with Gasteiger partial charge < -0.3 is 15.0 Å². The molecule has 1 saturated heterocycles. The second-order valence-corrected chi connectivity index (χ2v) is 5.61. The number of hydrogen-bond donors (Lipinski definition) is 1. The number of amides is 2. The average molecular weight is 300 g/mol. The van der Waals surface area contributed by atoms with E-state index >= 15 is 0 Å². The third-order valence-corrected chi connectivity index (χ3v) is 3.48. The van der Waals surface area contributed by atoms with Crippen LogP contribution in [0.15, 0.2) is 0 Å². The Morgan fingerprint density at radius 2 is 2.16 bits per heavy atom. The van der Waals surface area contributed by atoms with E-state index in [9.17, 15) is 22.8 Å². The van der Waals surface area contributed by atoms with Gasteiger partial charge in [-0.15, -0.1) is 0 Å². The number of ether oxygens (including phenoxy) is 1. The summed E-state index contributed by atoms with van der Waals surface area (Å²) >= 11 is 1.74. The number of alkyl carbamates (subject to hydrolysis) is 1. The minimum atomic E-state index is -4.57. The van der Waals surface area contributed by atoms with E-state index < -0.39 is 18.9 Å². The van der Waals surface area contributed by atoms with Crippen LogP contribution in [0, 0.1) is 0 Å². The van der Waals surface area contributed by atoms with E-state index in [0.717, 1.165) is 5.75 Å². The van der Waals surface area contributed by atoms with E-state index in [2.05, 4.69) is 4.74 Å². The summed E-state index contributed by atoms with van der Waals surface area (Å²) in [5, 5.41) is 2.32. The van der Waals surface area contributed by atoms with E-state index in [-0.39, 0.29) is 12.5 Å².